The van der Waals surface area contributed by atoms with E-state index in [1.807, 2.05) is 47.4 Å². The molecule has 0 aromatic rings. The van der Waals surface area contributed by atoms with Crippen LogP contribution < -0.4 is 0 Å². The highest BCUT2D eigenvalue weighted by Gasteiger charge is 2.16. The third-order valence-electron chi connectivity index (χ3n) is 1.59. The Morgan fingerprint density at radius 1 is 1.31 bits per heavy atom. The third kappa shape index (κ3) is 3.11. The molecule has 13 heavy (non-hydrogen) atoms. The van der Waals surface area contributed by atoms with Gasteiger partial charge in [-0.25, -0.2) is 4.58 Å². The monoisotopic (exact) mass is 232 g/mol. The van der Waals surface area contributed by atoms with Gasteiger partial charge >= 0.3 is 0 Å². The van der Waals surface area contributed by atoms with Crippen LogP contribution in [0.25, 0.3) is 0 Å². The molecule has 0 amide bonds. The first-order valence-electron chi connectivity index (χ1n) is 3.96. The fourth-order valence-electron chi connectivity index (χ4n) is 0.865. The molecule has 0 radical (unpaired) electrons. The Balaban J connectivity index is 2.81. The zero-order chi connectivity index (χ0) is 9.84. The van der Waals surface area contributed by atoms with E-state index in [1.165, 1.54) is 14.7 Å². The summed E-state index contributed by atoms with van der Waals surface area (Å²) in [5.41, 5.74) is 1.42. The summed E-state index contributed by atoms with van der Waals surface area (Å²) in [4.78, 5) is 1.38. The number of nitrogens with zero attached hydrogens (tertiary/aromatic N) is 1. The maximum Gasteiger partial charge on any atom is 0.164 e. The number of thioether (sulfide) groups is 1. The van der Waals surface area contributed by atoms with Gasteiger partial charge in [0.1, 0.15) is 14.1 Å². The fourth-order valence-corrected chi connectivity index (χ4v) is 4.76. The van der Waals surface area contributed by atoms with E-state index >= 15 is 0 Å². The SMILES string of the molecule is CSC1=C(C)/C(=C/C=[N+](C)C)SS1. The van der Waals surface area contributed by atoms with Crippen molar-refractivity contribution in [3.8, 4) is 0 Å². The van der Waals surface area contributed by atoms with Crippen LogP contribution >= 0.6 is 33.3 Å². The van der Waals surface area contributed by atoms with E-state index in [9.17, 15) is 0 Å². The smallest absolute Gasteiger partial charge is 0.164 e. The molecule has 1 heterocycles. The van der Waals surface area contributed by atoms with Crippen LogP contribution in [0.5, 0.6) is 0 Å². The van der Waals surface area contributed by atoms with Crippen LogP contribution in [0.2, 0.25) is 0 Å². The lowest BCUT2D eigenvalue weighted by molar-refractivity contribution is -0.458. The molecule has 1 aliphatic rings. The van der Waals surface area contributed by atoms with Crippen LogP contribution in [0, 0.1) is 0 Å². The van der Waals surface area contributed by atoms with E-state index in [0.29, 0.717) is 0 Å². The van der Waals surface area contributed by atoms with Gasteiger partial charge in [0.05, 0.1) is 4.24 Å². The van der Waals surface area contributed by atoms with Crippen molar-refractivity contribution in [2.24, 2.45) is 0 Å². The van der Waals surface area contributed by atoms with Gasteiger partial charge in [-0.05, 0) is 29.5 Å². The molecule has 1 nitrogen and oxygen atoms in total. The standard InChI is InChI=1S/C9H14NS3/c1-7-8(5-6-10(2)3)12-13-9(7)11-4/h5-6H,1-4H3/q+1/b8-5-. The van der Waals surface area contributed by atoms with Gasteiger partial charge in [-0.15, -0.1) is 11.8 Å². The van der Waals surface area contributed by atoms with Crippen molar-refractivity contribution in [3.63, 3.8) is 0 Å². The number of rotatable bonds is 2. The average Bonchev–Trinajstić information content (AvgIpc) is 2.43. The molecule has 1 aliphatic heterocycles. The molecular formula is C9H14NS3+. The van der Waals surface area contributed by atoms with Crippen LogP contribution in [0.15, 0.2) is 20.8 Å². The van der Waals surface area contributed by atoms with Crippen molar-refractivity contribution in [3.05, 3.63) is 20.8 Å². The predicted molar refractivity (Wildman–Crippen MR) is 67.7 cm³/mol. The Kier molecular flexibility index (Phi) is 4.49. The summed E-state index contributed by atoms with van der Waals surface area (Å²) >= 11 is 1.83. The Morgan fingerprint density at radius 3 is 2.46 bits per heavy atom. The quantitative estimate of drug-likeness (QED) is 0.409. The molecule has 0 aromatic carbocycles. The molecule has 0 unspecified atom stereocenters. The Morgan fingerprint density at radius 2 is 2.00 bits per heavy atom. The van der Waals surface area contributed by atoms with Crippen molar-refractivity contribution in [1.82, 2.24) is 0 Å². The normalized spacial score (nSPS) is 19.8. The van der Waals surface area contributed by atoms with Crippen molar-refractivity contribution < 1.29 is 4.58 Å². The lowest BCUT2D eigenvalue weighted by Crippen LogP contribution is -1.96. The van der Waals surface area contributed by atoms with Gasteiger partial charge < -0.3 is 0 Å². The maximum absolute atomic E-state index is 2.19. The number of allylic oxidation sites excluding steroid dienone is 2. The highest BCUT2D eigenvalue weighted by atomic mass is 33.1. The summed E-state index contributed by atoms with van der Waals surface area (Å²) < 4.78 is 3.49. The van der Waals surface area contributed by atoms with Gasteiger partial charge in [-0.1, -0.05) is 10.8 Å². The third-order valence-corrected chi connectivity index (χ3v) is 5.79. The molecule has 0 spiro atoms. The summed E-state index contributed by atoms with van der Waals surface area (Å²) in [7, 11) is 7.79. The number of hydrogen-bond acceptors (Lipinski definition) is 3. The highest BCUT2D eigenvalue weighted by molar-refractivity contribution is 8.82. The molecule has 0 aliphatic carbocycles. The Bertz CT molecular complexity index is 285. The summed E-state index contributed by atoms with van der Waals surface area (Å²) in [5, 5.41) is 0. The van der Waals surface area contributed by atoms with Crippen molar-refractivity contribution >= 4 is 39.6 Å². The Hall–Kier alpha value is 0.200. The topological polar surface area (TPSA) is 3.01 Å². The summed E-state index contributed by atoms with van der Waals surface area (Å²) in [5.74, 6) is 0. The lowest BCUT2D eigenvalue weighted by Gasteiger charge is -1.94. The lowest BCUT2D eigenvalue weighted by atomic mass is 10.3. The molecule has 0 saturated carbocycles. The van der Waals surface area contributed by atoms with Gasteiger partial charge in [0.25, 0.3) is 0 Å². The largest absolute Gasteiger partial charge is 0.241 e. The van der Waals surface area contributed by atoms with Crippen LogP contribution in [0.1, 0.15) is 6.92 Å². The summed E-state index contributed by atoms with van der Waals surface area (Å²) in [6, 6.07) is 0. The Labute approximate surface area is 92.1 Å². The second-order valence-corrected chi connectivity index (χ2v) is 6.18. The van der Waals surface area contributed by atoms with E-state index in [1.54, 1.807) is 0 Å². The van der Waals surface area contributed by atoms with Crippen molar-refractivity contribution in [2.75, 3.05) is 20.4 Å². The van der Waals surface area contributed by atoms with E-state index in [2.05, 4.69) is 30.0 Å². The number of hydrogen-bond donors (Lipinski definition) is 0. The summed E-state index contributed by atoms with van der Waals surface area (Å²) in [6.45, 7) is 2.19. The second kappa shape index (κ2) is 5.17. The first kappa shape index (κ1) is 11.3. The average molecular weight is 232 g/mol. The van der Waals surface area contributed by atoms with Crippen LogP contribution in [-0.4, -0.2) is 31.1 Å². The molecule has 4 heteroatoms. The van der Waals surface area contributed by atoms with Gasteiger partial charge in [-0.3, -0.25) is 0 Å². The molecule has 0 aromatic heterocycles. The fraction of sp³-hybridized carbons (Fsp3) is 0.444. The molecule has 1 rings (SSSR count). The van der Waals surface area contributed by atoms with Crippen LogP contribution in [-0.2, 0) is 0 Å². The minimum Gasteiger partial charge on any atom is -0.241 e. The van der Waals surface area contributed by atoms with E-state index < -0.39 is 0 Å². The van der Waals surface area contributed by atoms with Crippen LogP contribution in [0.3, 0.4) is 0 Å². The van der Waals surface area contributed by atoms with Gasteiger partial charge in [0, 0.05) is 11.0 Å². The zero-order valence-corrected chi connectivity index (χ0v) is 10.8. The van der Waals surface area contributed by atoms with Gasteiger partial charge in [-0.2, -0.15) is 0 Å². The van der Waals surface area contributed by atoms with Crippen molar-refractivity contribution in [1.29, 1.82) is 0 Å². The van der Waals surface area contributed by atoms with Gasteiger partial charge in [0.15, 0.2) is 6.21 Å². The molecule has 0 bridgehead atoms. The molecule has 0 N–H and O–H groups in total. The second-order valence-electron chi connectivity index (χ2n) is 2.93. The van der Waals surface area contributed by atoms with E-state index in [0.717, 1.165) is 0 Å². The molecule has 0 atom stereocenters. The molecule has 72 valence electrons. The maximum atomic E-state index is 2.19. The predicted octanol–water partition coefficient (Wildman–Crippen LogP) is 3.20. The summed E-state index contributed by atoms with van der Waals surface area (Å²) in [6.07, 6.45) is 6.40. The molecular weight excluding hydrogens is 218 g/mol. The van der Waals surface area contributed by atoms with E-state index in [-0.39, 0.29) is 0 Å². The first-order chi connectivity index (χ1) is 6.15. The minimum absolute atomic E-state index is 1.38. The zero-order valence-electron chi connectivity index (χ0n) is 8.33. The van der Waals surface area contributed by atoms with Gasteiger partial charge in [0.2, 0.25) is 0 Å². The van der Waals surface area contributed by atoms with Crippen LogP contribution in [0.4, 0.5) is 0 Å². The highest BCUT2D eigenvalue weighted by Crippen LogP contribution is 2.52. The minimum atomic E-state index is 1.38. The first-order valence-corrected chi connectivity index (χ1v) is 7.34. The molecule has 0 saturated heterocycles. The van der Waals surface area contributed by atoms with Crippen molar-refractivity contribution in [2.45, 2.75) is 6.92 Å². The van der Waals surface area contributed by atoms with E-state index in [4.69, 9.17) is 0 Å². The molecule has 0 fully saturated rings.